The van der Waals surface area contributed by atoms with Crippen molar-refractivity contribution in [1.82, 2.24) is 20.3 Å². The van der Waals surface area contributed by atoms with Crippen LogP contribution in [0.3, 0.4) is 0 Å². The lowest BCUT2D eigenvalue weighted by Gasteiger charge is -2.56. The Balaban J connectivity index is 1.47. The number of rotatable bonds is 3. The Morgan fingerprint density at radius 3 is 2.77 bits per heavy atom. The van der Waals surface area contributed by atoms with E-state index >= 15 is 0 Å². The van der Waals surface area contributed by atoms with Gasteiger partial charge in [-0.3, -0.25) is 0 Å². The third-order valence-electron chi connectivity index (χ3n) is 5.06. The lowest BCUT2D eigenvalue weighted by molar-refractivity contribution is 0.159. The van der Waals surface area contributed by atoms with Crippen LogP contribution in [0.4, 0.5) is 21.7 Å². The maximum absolute atomic E-state index is 13.7. The maximum atomic E-state index is 13.7. The molecule has 2 aromatic heterocycles. The van der Waals surface area contributed by atoms with Crippen LogP contribution >= 0.6 is 11.6 Å². The van der Waals surface area contributed by atoms with Gasteiger partial charge in [-0.05, 0) is 43.3 Å². The molecule has 3 aromatic rings. The van der Waals surface area contributed by atoms with Crippen LogP contribution in [-0.2, 0) is 0 Å². The zero-order valence-corrected chi connectivity index (χ0v) is 14.6. The van der Waals surface area contributed by atoms with E-state index in [0.29, 0.717) is 17.0 Å². The highest BCUT2D eigenvalue weighted by molar-refractivity contribution is 6.30. The Kier molecular flexibility index (Phi) is 3.48. The first-order valence-electron chi connectivity index (χ1n) is 8.46. The number of hydrogen-bond donors (Lipinski definition) is 2. The maximum Gasteiger partial charge on any atom is 0.160 e. The van der Waals surface area contributed by atoms with Crippen LogP contribution in [0.2, 0.25) is 5.02 Å². The van der Waals surface area contributed by atoms with E-state index in [9.17, 15) is 4.39 Å². The van der Waals surface area contributed by atoms with Crippen LogP contribution in [0, 0.1) is 5.82 Å². The Labute approximate surface area is 154 Å². The van der Waals surface area contributed by atoms with E-state index in [2.05, 4.69) is 25.5 Å². The fourth-order valence-corrected chi connectivity index (χ4v) is 3.62. The Hall–Kier alpha value is -2.51. The summed E-state index contributed by atoms with van der Waals surface area (Å²) < 4.78 is 13.7. The summed E-state index contributed by atoms with van der Waals surface area (Å²) in [6.07, 6.45) is 2.68. The molecule has 1 spiro atoms. The van der Waals surface area contributed by atoms with Crippen molar-refractivity contribution in [2.75, 3.05) is 29.9 Å². The van der Waals surface area contributed by atoms with E-state index < -0.39 is 5.82 Å². The Morgan fingerprint density at radius 2 is 2.04 bits per heavy atom. The molecule has 0 amide bonds. The molecule has 5 rings (SSSR count). The molecule has 26 heavy (non-hydrogen) atoms. The molecule has 6 nitrogen and oxygen atoms in total. The summed E-state index contributed by atoms with van der Waals surface area (Å²) in [5, 5.41) is 6.69. The van der Waals surface area contributed by atoms with Gasteiger partial charge in [-0.2, -0.15) is 0 Å². The minimum Gasteiger partial charge on any atom is -0.353 e. The van der Waals surface area contributed by atoms with Crippen molar-refractivity contribution in [3.63, 3.8) is 0 Å². The van der Waals surface area contributed by atoms with Gasteiger partial charge in [0.2, 0.25) is 0 Å². The second-order valence-corrected chi connectivity index (χ2v) is 7.23. The van der Waals surface area contributed by atoms with Crippen LogP contribution < -0.4 is 15.5 Å². The average molecular weight is 371 g/mol. The van der Waals surface area contributed by atoms with Crippen molar-refractivity contribution >= 4 is 40.0 Å². The molecule has 0 saturated carbocycles. The SMILES string of the molecule is Fc1cc(Nc2ncnc3ccc(N4CC5(CCN5)C4)nc23)ccc1Cl. The van der Waals surface area contributed by atoms with Crippen molar-refractivity contribution in [3.8, 4) is 0 Å². The van der Waals surface area contributed by atoms with Gasteiger partial charge in [0.1, 0.15) is 23.5 Å². The van der Waals surface area contributed by atoms with Gasteiger partial charge in [0.05, 0.1) is 16.1 Å². The summed E-state index contributed by atoms with van der Waals surface area (Å²) in [7, 11) is 0. The second kappa shape index (κ2) is 5.75. The number of benzene rings is 1. The van der Waals surface area contributed by atoms with E-state index in [1.807, 2.05) is 12.1 Å². The van der Waals surface area contributed by atoms with Gasteiger partial charge in [-0.1, -0.05) is 11.6 Å². The van der Waals surface area contributed by atoms with E-state index in [-0.39, 0.29) is 10.6 Å². The first-order valence-corrected chi connectivity index (χ1v) is 8.84. The number of halogens is 2. The zero-order valence-electron chi connectivity index (χ0n) is 13.8. The third kappa shape index (κ3) is 2.55. The van der Waals surface area contributed by atoms with Gasteiger partial charge < -0.3 is 15.5 Å². The van der Waals surface area contributed by atoms with E-state index in [1.54, 1.807) is 6.07 Å². The summed E-state index contributed by atoms with van der Waals surface area (Å²) in [4.78, 5) is 15.5. The van der Waals surface area contributed by atoms with Gasteiger partial charge in [-0.15, -0.1) is 0 Å². The fourth-order valence-electron chi connectivity index (χ4n) is 3.50. The molecule has 132 valence electrons. The normalized spacial score (nSPS) is 17.8. The van der Waals surface area contributed by atoms with Crippen LogP contribution in [0.5, 0.6) is 0 Å². The van der Waals surface area contributed by atoms with Crippen molar-refractivity contribution in [3.05, 3.63) is 47.5 Å². The highest BCUT2D eigenvalue weighted by Crippen LogP contribution is 2.34. The number of aromatic nitrogens is 3. The Bertz CT molecular complexity index is 998. The van der Waals surface area contributed by atoms with Crippen LogP contribution in [0.15, 0.2) is 36.7 Å². The molecule has 0 unspecified atom stereocenters. The molecule has 4 heterocycles. The van der Waals surface area contributed by atoms with Crippen molar-refractivity contribution in [2.45, 2.75) is 12.0 Å². The topological polar surface area (TPSA) is 66.0 Å². The molecule has 1 aromatic carbocycles. The molecule has 2 aliphatic rings. The van der Waals surface area contributed by atoms with Crippen LogP contribution in [0.1, 0.15) is 6.42 Å². The predicted molar refractivity (Wildman–Crippen MR) is 99.6 cm³/mol. The molecule has 2 fully saturated rings. The predicted octanol–water partition coefficient (Wildman–Crippen LogP) is 3.11. The summed E-state index contributed by atoms with van der Waals surface area (Å²) in [5.74, 6) is 0.954. The molecular weight excluding hydrogens is 355 g/mol. The fraction of sp³-hybridized carbons (Fsp3) is 0.278. The first-order chi connectivity index (χ1) is 12.6. The molecule has 2 aliphatic heterocycles. The molecule has 0 radical (unpaired) electrons. The summed E-state index contributed by atoms with van der Waals surface area (Å²) in [5.41, 5.74) is 2.23. The van der Waals surface area contributed by atoms with E-state index in [0.717, 1.165) is 31.0 Å². The molecule has 0 atom stereocenters. The molecule has 2 N–H and O–H groups in total. The van der Waals surface area contributed by atoms with Gasteiger partial charge >= 0.3 is 0 Å². The second-order valence-electron chi connectivity index (χ2n) is 6.83. The van der Waals surface area contributed by atoms with E-state index in [4.69, 9.17) is 16.6 Å². The lowest BCUT2D eigenvalue weighted by Crippen LogP contribution is -2.76. The first kappa shape index (κ1) is 15.7. The van der Waals surface area contributed by atoms with Crippen LogP contribution in [0.25, 0.3) is 11.0 Å². The monoisotopic (exact) mass is 370 g/mol. The third-order valence-corrected chi connectivity index (χ3v) is 5.37. The number of pyridine rings is 1. The number of hydrogen-bond acceptors (Lipinski definition) is 6. The number of anilines is 3. The standard InChI is InChI=1S/C18H16ClFN6/c19-12-2-1-11(7-13(12)20)24-17-16-14(21-10-22-17)3-4-15(25-16)26-8-18(9-26)5-6-23-18/h1-4,7,10,23H,5-6,8-9H2,(H,21,22,24). The van der Waals surface area contributed by atoms with Crippen LogP contribution in [-0.4, -0.2) is 40.1 Å². The van der Waals surface area contributed by atoms with Crippen molar-refractivity contribution in [2.24, 2.45) is 0 Å². The number of fused-ring (bicyclic) bond motifs is 1. The van der Waals surface area contributed by atoms with Gasteiger partial charge in [-0.25, -0.2) is 19.3 Å². The van der Waals surface area contributed by atoms with E-state index in [1.165, 1.54) is 24.9 Å². The average Bonchev–Trinajstić information content (AvgIpc) is 2.56. The number of nitrogens with zero attached hydrogens (tertiary/aromatic N) is 4. The minimum atomic E-state index is -0.484. The highest BCUT2D eigenvalue weighted by Gasteiger charge is 2.47. The lowest BCUT2D eigenvalue weighted by atomic mass is 9.80. The van der Waals surface area contributed by atoms with Crippen molar-refractivity contribution < 1.29 is 4.39 Å². The summed E-state index contributed by atoms with van der Waals surface area (Å²) >= 11 is 5.75. The van der Waals surface area contributed by atoms with Gasteiger partial charge in [0.25, 0.3) is 0 Å². The molecule has 0 bridgehead atoms. The Morgan fingerprint density at radius 1 is 1.19 bits per heavy atom. The van der Waals surface area contributed by atoms with Gasteiger partial charge in [0, 0.05) is 18.8 Å². The zero-order chi connectivity index (χ0) is 17.7. The quantitative estimate of drug-likeness (QED) is 0.738. The molecule has 2 saturated heterocycles. The molecule has 0 aliphatic carbocycles. The highest BCUT2D eigenvalue weighted by atomic mass is 35.5. The largest absolute Gasteiger partial charge is 0.353 e. The number of nitrogens with one attached hydrogen (secondary N) is 2. The molecule has 8 heteroatoms. The summed E-state index contributed by atoms with van der Waals surface area (Å²) in [6, 6.07) is 8.46. The smallest absolute Gasteiger partial charge is 0.160 e. The summed E-state index contributed by atoms with van der Waals surface area (Å²) in [6.45, 7) is 3.02. The minimum absolute atomic E-state index is 0.0832. The van der Waals surface area contributed by atoms with Gasteiger partial charge in [0.15, 0.2) is 5.82 Å². The molecular formula is C18H16ClFN6. The van der Waals surface area contributed by atoms with Crippen molar-refractivity contribution in [1.29, 1.82) is 0 Å².